The molecule has 0 N–H and O–H groups in total. The number of carbonyl (C=O) groups excluding carboxylic acids is 1. The lowest BCUT2D eigenvalue weighted by molar-refractivity contribution is -0.137. The van der Waals surface area contributed by atoms with Crippen molar-refractivity contribution in [3.63, 3.8) is 0 Å². The van der Waals surface area contributed by atoms with Gasteiger partial charge in [-0.25, -0.2) is 4.79 Å². The van der Waals surface area contributed by atoms with Crippen molar-refractivity contribution in [3.8, 4) is 0 Å². The summed E-state index contributed by atoms with van der Waals surface area (Å²) in [5.74, 6) is 0.236. The molecule has 1 atom stereocenters. The fraction of sp³-hybridized carbons (Fsp3) is 0.667. The highest BCUT2D eigenvalue weighted by Crippen LogP contribution is 2.14. The van der Waals surface area contributed by atoms with Crippen LogP contribution in [-0.4, -0.2) is 12.6 Å². The third kappa shape index (κ3) is 4.74. The molecular weight excluding hydrogens is 267 g/mol. The zero-order chi connectivity index (χ0) is 9.56. The Morgan fingerprint density at radius 2 is 2.17 bits per heavy atom. The topological polar surface area (TPSA) is 26.3 Å². The van der Waals surface area contributed by atoms with Crippen LogP contribution < -0.4 is 0 Å². The number of halogens is 1. The molecular formula is C9H15IO2. The van der Waals surface area contributed by atoms with Crippen molar-refractivity contribution >= 4 is 28.6 Å². The van der Waals surface area contributed by atoms with E-state index in [1.165, 1.54) is 0 Å². The Hall–Kier alpha value is -0.0600. The van der Waals surface area contributed by atoms with E-state index >= 15 is 0 Å². The average molecular weight is 282 g/mol. The minimum absolute atomic E-state index is 0.210. The van der Waals surface area contributed by atoms with Gasteiger partial charge in [0.15, 0.2) is 0 Å². The van der Waals surface area contributed by atoms with Crippen molar-refractivity contribution in [2.75, 3.05) is 6.61 Å². The molecule has 0 rings (SSSR count). The third-order valence-corrected chi connectivity index (χ3v) is 2.35. The third-order valence-electron chi connectivity index (χ3n) is 1.55. The van der Waals surface area contributed by atoms with Crippen LogP contribution in [0.3, 0.4) is 0 Å². The number of rotatable bonds is 4. The molecule has 0 aliphatic heterocycles. The zero-order valence-corrected chi connectivity index (χ0v) is 9.92. The van der Waals surface area contributed by atoms with Crippen molar-refractivity contribution in [1.82, 2.24) is 0 Å². The first-order valence-electron chi connectivity index (χ1n) is 4.16. The van der Waals surface area contributed by atoms with Crippen molar-refractivity contribution in [2.24, 2.45) is 5.92 Å². The molecule has 0 spiro atoms. The molecule has 0 aromatic rings. The van der Waals surface area contributed by atoms with Crippen LogP contribution in [0.15, 0.2) is 9.66 Å². The molecule has 0 amide bonds. The van der Waals surface area contributed by atoms with Crippen LogP contribution in [0.2, 0.25) is 0 Å². The molecule has 0 aromatic carbocycles. The molecule has 0 saturated carbocycles. The Balaban J connectivity index is 4.07. The first kappa shape index (κ1) is 11.9. The van der Waals surface area contributed by atoms with Gasteiger partial charge in [0.25, 0.3) is 0 Å². The summed E-state index contributed by atoms with van der Waals surface area (Å²) >= 11 is 2.02. The Bertz CT molecular complexity index is 175. The first-order valence-corrected chi connectivity index (χ1v) is 5.24. The highest BCUT2D eigenvalue weighted by Gasteiger charge is 2.07. The summed E-state index contributed by atoms with van der Waals surface area (Å²) in [5, 5.41) is 0. The van der Waals surface area contributed by atoms with Crippen molar-refractivity contribution in [3.05, 3.63) is 9.66 Å². The lowest BCUT2D eigenvalue weighted by atomic mass is 10.1. The molecule has 3 heteroatoms. The monoisotopic (exact) mass is 282 g/mol. The van der Waals surface area contributed by atoms with E-state index in [-0.39, 0.29) is 5.97 Å². The number of hydrogen-bond donors (Lipinski definition) is 0. The molecule has 12 heavy (non-hydrogen) atoms. The average Bonchev–Trinajstić information content (AvgIpc) is 2.04. The maximum absolute atomic E-state index is 11.1. The van der Waals surface area contributed by atoms with Crippen LogP contribution in [0.25, 0.3) is 0 Å². The van der Waals surface area contributed by atoms with E-state index in [1.807, 2.05) is 35.6 Å². The Morgan fingerprint density at radius 1 is 1.58 bits per heavy atom. The standard InChI is InChI=1S/C9H15IO2/c1-4-7(3)6-8(10)9(11)12-5-2/h6-7H,4-5H2,1-3H3/b8-6+/t7-/m0/s1. The number of ether oxygens (including phenoxy) is 1. The van der Waals surface area contributed by atoms with Gasteiger partial charge in [0.1, 0.15) is 0 Å². The second kappa shape index (κ2) is 6.46. The van der Waals surface area contributed by atoms with Gasteiger partial charge >= 0.3 is 5.97 Å². The molecule has 0 saturated heterocycles. The van der Waals surface area contributed by atoms with Gasteiger partial charge < -0.3 is 4.74 Å². The van der Waals surface area contributed by atoms with Gasteiger partial charge in [0, 0.05) is 0 Å². The molecule has 0 aliphatic rings. The quantitative estimate of drug-likeness (QED) is 0.450. The summed E-state index contributed by atoms with van der Waals surface area (Å²) in [6.45, 7) is 6.43. The number of esters is 1. The van der Waals surface area contributed by atoms with Crippen LogP contribution in [0, 0.1) is 5.92 Å². The van der Waals surface area contributed by atoms with Crippen molar-refractivity contribution < 1.29 is 9.53 Å². The van der Waals surface area contributed by atoms with Crippen molar-refractivity contribution in [1.29, 1.82) is 0 Å². The summed E-state index contributed by atoms with van der Waals surface area (Å²) in [5.41, 5.74) is 0. The van der Waals surface area contributed by atoms with Crippen LogP contribution >= 0.6 is 22.6 Å². The van der Waals surface area contributed by atoms with Gasteiger partial charge in [-0.3, -0.25) is 0 Å². The van der Waals surface area contributed by atoms with E-state index in [2.05, 4.69) is 13.8 Å². The number of allylic oxidation sites excluding steroid dienone is 1. The van der Waals surface area contributed by atoms with E-state index in [9.17, 15) is 4.79 Å². The van der Waals surface area contributed by atoms with Crippen LogP contribution in [0.5, 0.6) is 0 Å². The Kier molecular flexibility index (Phi) is 6.42. The van der Waals surface area contributed by atoms with E-state index in [0.717, 1.165) is 6.42 Å². The van der Waals surface area contributed by atoms with Gasteiger partial charge in [-0.1, -0.05) is 26.3 Å². The summed E-state index contributed by atoms with van der Waals surface area (Å²) in [7, 11) is 0. The molecule has 0 aliphatic carbocycles. The first-order chi connectivity index (χ1) is 5.61. The summed E-state index contributed by atoms with van der Waals surface area (Å²) in [6.07, 6.45) is 2.99. The second-order valence-electron chi connectivity index (χ2n) is 2.62. The predicted molar refractivity (Wildman–Crippen MR) is 58.2 cm³/mol. The summed E-state index contributed by atoms with van der Waals surface area (Å²) in [4.78, 5) is 11.1. The SMILES string of the molecule is CCOC(=O)/C(I)=C\[C@@H](C)CC. The van der Waals surface area contributed by atoms with Gasteiger partial charge in [-0.05, 0) is 35.4 Å². The summed E-state index contributed by atoms with van der Waals surface area (Å²) in [6, 6.07) is 0. The fourth-order valence-electron chi connectivity index (χ4n) is 0.636. The summed E-state index contributed by atoms with van der Waals surface area (Å²) < 4.78 is 5.52. The zero-order valence-electron chi connectivity index (χ0n) is 7.76. The number of hydrogen-bond acceptors (Lipinski definition) is 2. The van der Waals surface area contributed by atoms with Crippen LogP contribution in [0.4, 0.5) is 0 Å². The lowest BCUT2D eigenvalue weighted by Crippen LogP contribution is -2.04. The number of carbonyl (C=O) groups is 1. The molecule has 2 nitrogen and oxygen atoms in total. The predicted octanol–water partition coefficient (Wildman–Crippen LogP) is 2.91. The van der Waals surface area contributed by atoms with Gasteiger partial charge in [0.2, 0.25) is 0 Å². The molecule has 0 heterocycles. The van der Waals surface area contributed by atoms with Gasteiger partial charge in [0.05, 0.1) is 10.2 Å². The normalized spacial score (nSPS) is 14.2. The van der Waals surface area contributed by atoms with Gasteiger partial charge in [-0.2, -0.15) is 0 Å². The van der Waals surface area contributed by atoms with Crippen LogP contribution in [0.1, 0.15) is 27.2 Å². The maximum Gasteiger partial charge on any atom is 0.344 e. The van der Waals surface area contributed by atoms with Crippen LogP contribution in [-0.2, 0) is 9.53 Å². The molecule has 0 unspecified atom stereocenters. The maximum atomic E-state index is 11.1. The molecule has 70 valence electrons. The highest BCUT2D eigenvalue weighted by molar-refractivity contribution is 14.1. The molecule has 0 aromatic heterocycles. The second-order valence-corrected chi connectivity index (χ2v) is 3.78. The highest BCUT2D eigenvalue weighted by atomic mass is 127. The van der Waals surface area contributed by atoms with E-state index in [0.29, 0.717) is 16.1 Å². The lowest BCUT2D eigenvalue weighted by Gasteiger charge is -2.03. The fourth-order valence-corrected chi connectivity index (χ4v) is 1.41. The van der Waals surface area contributed by atoms with Gasteiger partial charge in [-0.15, -0.1) is 0 Å². The molecule has 0 bridgehead atoms. The molecule has 0 radical (unpaired) electrons. The smallest absolute Gasteiger partial charge is 0.344 e. The van der Waals surface area contributed by atoms with E-state index < -0.39 is 0 Å². The molecule has 0 fully saturated rings. The minimum Gasteiger partial charge on any atom is -0.462 e. The van der Waals surface area contributed by atoms with E-state index in [4.69, 9.17) is 4.74 Å². The Morgan fingerprint density at radius 3 is 2.58 bits per heavy atom. The minimum atomic E-state index is -0.210. The van der Waals surface area contributed by atoms with Crippen molar-refractivity contribution in [2.45, 2.75) is 27.2 Å². The largest absolute Gasteiger partial charge is 0.462 e. The van der Waals surface area contributed by atoms with E-state index in [1.54, 1.807) is 0 Å². The Labute approximate surface area is 87.5 Å².